The fraction of sp³-hybridized carbons (Fsp3) is 0.0769. The minimum absolute atomic E-state index is 0.0737. The van der Waals surface area contributed by atoms with Crippen LogP contribution in [-0.2, 0) is 6.54 Å². The fourth-order valence-corrected chi connectivity index (χ4v) is 2.37. The highest BCUT2D eigenvalue weighted by molar-refractivity contribution is 7.80. The van der Waals surface area contributed by atoms with E-state index in [1.54, 1.807) is 36.5 Å². The minimum Gasteiger partial charge on any atom is -0.389 e. The molecule has 0 radical (unpaired) electrons. The molecule has 0 saturated carbocycles. The molecule has 0 aliphatic carbocycles. The Kier molecular flexibility index (Phi) is 4.24. The monoisotopic (exact) mass is 312 g/mol. The third-order valence-corrected chi connectivity index (χ3v) is 3.60. The van der Waals surface area contributed by atoms with Crippen molar-refractivity contribution in [2.24, 2.45) is 5.73 Å². The predicted octanol–water partition coefficient (Wildman–Crippen LogP) is 2.84. The van der Waals surface area contributed by atoms with E-state index in [2.05, 4.69) is 0 Å². The van der Waals surface area contributed by atoms with Gasteiger partial charge in [0.25, 0.3) is 5.56 Å². The average Bonchev–Trinajstić information content (AvgIpc) is 2.35. The summed E-state index contributed by atoms with van der Waals surface area (Å²) in [5, 5.41) is 1.03. The Labute approximate surface area is 125 Å². The lowest BCUT2D eigenvalue weighted by Gasteiger charge is -2.10. The molecule has 2 N–H and O–H groups in total. The summed E-state index contributed by atoms with van der Waals surface area (Å²) >= 11 is 17.0. The first kappa shape index (κ1) is 14.1. The van der Waals surface area contributed by atoms with Crippen LogP contribution in [0, 0.1) is 0 Å². The first-order valence-electron chi connectivity index (χ1n) is 5.43. The summed E-state index contributed by atoms with van der Waals surface area (Å²) in [6.45, 7) is 0.272. The first-order chi connectivity index (χ1) is 9.00. The highest BCUT2D eigenvalue weighted by atomic mass is 35.5. The number of rotatable bonds is 3. The number of thiocarbonyl (C=S) groups is 1. The summed E-state index contributed by atoms with van der Waals surface area (Å²) in [5.41, 5.74) is 6.24. The molecule has 2 aromatic rings. The van der Waals surface area contributed by atoms with Gasteiger partial charge in [-0.2, -0.15) is 0 Å². The normalized spacial score (nSPS) is 10.4. The molecule has 0 aliphatic rings. The number of aromatic nitrogens is 1. The van der Waals surface area contributed by atoms with E-state index in [4.69, 9.17) is 41.2 Å². The van der Waals surface area contributed by atoms with Crippen LogP contribution in [0.4, 0.5) is 0 Å². The zero-order valence-electron chi connectivity index (χ0n) is 9.77. The summed E-state index contributed by atoms with van der Waals surface area (Å²) in [6.07, 6.45) is 1.64. The van der Waals surface area contributed by atoms with Crippen LogP contribution in [0.3, 0.4) is 0 Å². The van der Waals surface area contributed by atoms with Gasteiger partial charge in [0.15, 0.2) is 0 Å². The van der Waals surface area contributed by atoms with Crippen molar-refractivity contribution in [2.45, 2.75) is 6.54 Å². The third-order valence-electron chi connectivity index (χ3n) is 2.68. The van der Waals surface area contributed by atoms with Crippen LogP contribution in [0.5, 0.6) is 0 Å². The molecule has 1 aromatic heterocycles. The molecular formula is C13H10Cl2N2OS. The Hall–Kier alpha value is -1.36. The van der Waals surface area contributed by atoms with E-state index in [9.17, 15) is 4.79 Å². The second kappa shape index (κ2) is 5.74. The van der Waals surface area contributed by atoms with Gasteiger partial charge >= 0.3 is 0 Å². The average molecular weight is 313 g/mol. The lowest BCUT2D eigenvalue weighted by atomic mass is 10.2. The van der Waals surface area contributed by atoms with Gasteiger partial charge in [0.1, 0.15) is 4.99 Å². The number of hydrogen-bond acceptors (Lipinski definition) is 2. The van der Waals surface area contributed by atoms with Crippen molar-refractivity contribution in [2.75, 3.05) is 0 Å². The molecule has 1 aromatic carbocycles. The van der Waals surface area contributed by atoms with Crippen LogP contribution in [-0.4, -0.2) is 9.56 Å². The van der Waals surface area contributed by atoms with E-state index in [0.29, 0.717) is 21.2 Å². The number of nitrogens with zero attached hydrogens (tertiary/aromatic N) is 1. The number of halogens is 2. The lowest BCUT2D eigenvalue weighted by Crippen LogP contribution is -2.28. The molecule has 6 heteroatoms. The lowest BCUT2D eigenvalue weighted by molar-refractivity contribution is 0.758. The van der Waals surface area contributed by atoms with Gasteiger partial charge in [-0.25, -0.2) is 0 Å². The van der Waals surface area contributed by atoms with E-state index in [0.717, 1.165) is 0 Å². The third kappa shape index (κ3) is 2.97. The van der Waals surface area contributed by atoms with Crippen molar-refractivity contribution < 1.29 is 0 Å². The van der Waals surface area contributed by atoms with Crippen LogP contribution in [0.2, 0.25) is 10.0 Å². The maximum Gasteiger partial charge on any atom is 0.261 e. The smallest absolute Gasteiger partial charge is 0.261 e. The predicted molar refractivity (Wildman–Crippen MR) is 82.2 cm³/mol. The molecule has 0 amide bonds. The molecule has 0 aliphatic heterocycles. The highest BCUT2D eigenvalue weighted by Gasteiger charge is 2.10. The summed E-state index contributed by atoms with van der Waals surface area (Å²) in [4.78, 5) is 12.2. The van der Waals surface area contributed by atoms with Gasteiger partial charge in [-0.3, -0.25) is 4.79 Å². The standard InChI is InChI=1S/C13H10Cl2N2OS/c14-10-4-1-5-11(15)9(10)7-17-6-2-3-8(12(16)19)13(17)18/h1-6H,7H2,(H2,16,19). The summed E-state index contributed by atoms with van der Waals surface area (Å²) in [5.74, 6) is 0. The Morgan fingerprint density at radius 1 is 1.21 bits per heavy atom. The zero-order chi connectivity index (χ0) is 14.0. The molecule has 0 fully saturated rings. The first-order valence-corrected chi connectivity index (χ1v) is 6.59. The molecule has 3 nitrogen and oxygen atoms in total. The SMILES string of the molecule is NC(=S)c1cccn(Cc2c(Cl)cccc2Cl)c1=O. The molecule has 0 atom stereocenters. The van der Waals surface area contributed by atoms with Gasteiger partial charge < -0.3 is 10.3 Å². The Bertz CT molecular complexity index is 677. The van der Waals surface area contributed by atoms with Gasteiger partial charge in [-0.1, -0.05) is 41.5 Å². The highest BCUT2D eigenvalue weighted by Crippen LogP contribution is 2.24. The van der Waals surface area contributed by atoms with Crippen molar-refractivity contribution in [3.63, 3.8) is 0 Å². The van der Waals surface area contributed by atoms with Gasteiger partial charge in [0, 0.05) is 21.8 Å². The van der Waals surface area contributed by atoms with Crippen LogP contribution in [0.15, 0.2) is 41.3 Å². The van der Waals surface area contributed by atoms with Gasteiger partial charge in [-0.15, -0.1) is 0 Å². The molecule has 98 valence electrons. The maximum absolute atomic E-state index is 12.1. The van der Waals surface area contributed by atoms with Gasteiger partial charge in [-0.05, 0) is 24.3 Å². The number of nitrogens with two attached hydrogens (primary N) is 1. The Morgan fingerprint density at radius 2 is 1.84 bits per heavy atom. The number of hydrogen-bond donors (Lipinski definition) is 1. The quantitative estimate of drug-likeness (QED) is 0.887. The summed E-state index contributed by atoms with van der Waals surface area (Å²) in [6, 6.07) is 8.51. The van der Waals surface area contributed by atoms with E-state index in [1.807, 2.05) is 0 Å². The summed E-state index contributed by atoms with van der Waals surface area (Å²) < 4.78 is 1.47. The second-order valence-electron chi connectivity index (χ2n) is 3.92. The largest absolute Gasteiger partial charge is 0.389 e. The van der Waals surface area contributed by atoms with Gasteiger partial charge in [0.2, 0.25) is 0 Å². The summed E-state index contributed by atoms with van der Waals surface area (Å²) in [7, 11) is 0. The van der Waals surface area contributed by atoms with Gasteiger partial charge in [0.05, 0.1) is 12.1 Å². The van der Waals surface area contributed by atoms with Crippen LogP contribution >= 0.6 is 35.4 Å². The van der Waals surface area contributed by atoms with Crippen molar-refractivity contribution >= 4 is 40.4 Å². The molecule has 0 saturated heterocycles. The second-order valence-corrected chi connectivity index (χ2v) is 5.17. The van der Waals surface area contributed by atoms with E-state index >= 15 is 0 Å². The van der Waals surface area contributed by atoms with Crippen LogP contribution < -0.4 is 11.3 Å². The minimum atomic E-state index is -0.258. The van der Waals surface area contributed by atoms with Crippen LogP contribution in [0.1, 0.15) is 11.1 Å². The molecule has 19 heavy (non-hydrogen) atoms. The van der Waals surface area contributed by atoms with Crippen LogP contribution in [0.25, 0.3) is 0 Å². The fourth-order valence-electron chi connectivity index (χ4n) is 1.70. The van der Waals surface area contributed by atoms with Crippen molar-refractivity contribution in [3.8, 4) is 0 Å². The topological polar surface area (TPSA) is 48.0 Å². The Morgan fingerprint density at radius 3 is 2.42 bits per heavy atom. The maximum atomic E-state index is 12.1. The van der Waals surface area contributed by atoms with Crippen molar-refractivity contribution in [3.05, 3.63) is 68.1 Å². The van der Waals surface area contributed by atoms with Crippen molar-refractivity contribution in [1.29, 1.82) is 0 Å². The molecule has 2 rings (SSSR count). The Balaban J connectivity index is 2.48. The number of benzene rings is 1. The van der Waals surface area contributed by atoms with Crippen molar-refractivity contribution in [1.82, 2.24) is 4.57 Å². The molecular weight excluding hydrogens is 303 g/mol. The molecule has 0 bridgehead atoms. The van der Waals surface area contributed by atoms with E-state index < -0.39 is 0 Å². The molecule has 1 heterocycles. The zero-order valence-corrected chi connectivity index (χ0v) is 12.1. The van der Waals surface area contributed by atoms with E-state index in [1.165, 1.54) is 4.57 Å². The molecule has 0 spiro atoms. The molecule has 0 unspecified atom stereocenters. The van der Waals surface area contributed by atoms with E-state index in [-0.39, 0.29) is 17.1 Å². The number of pyridine rings is 1.